The van der Waals surface area contributed by atoms with E-state index in [9.17, 15) is 15.6 Å². The number of hydroxylamine groups is 3. The normalized spacial score (nSPS) is 12.3. The van der Waals surface area contributed by atoms with E-state index < -0.39 is 16.6 Å². The second-order valence-electron chi connectivity index (χ2n) is 13.8. The predicted octanol–water partition coefficient (Wildman–Crippen LogP) is 9.84. The molecule has 0 aliphatic heterocycles. The predicted molar refractivity (Wildman–Crippen MR) is 177 cm³/mol. The van der Waals surface area contributed by atoms with Crippen molar-refractivity contribution in [3.63, 3.8) is 0 Å². The summed E-state index contributed by atoms with van der Waals surface area (Å²) in [5.41, 5.74) is 6.15. The van der Waals surface area contributed by atoms with Crippen molar-refractivity contribution in [1.29, 1.82) is 0 Å². The summed E-state index contributed by atoms with van der Waals surface area (Å²) in [7, 11) is 0. The van der Waals surface area contributed by atoms with Crippen LogP contribution in [0.15, 0.2) is 91.0 Å². The average Bonchev–Trinajstić information content (AvgIpc) is 2.94. The number of benzene rings is 4. The molecule has 0 heterocycles. The first-order valence-electron chi connectivity index (χ1n) is 14.3. The molecule has 0 bridgehead atoms. The molecule has 4 aromatic carbocycles. The fraction of sp³-hybridized carbons (Fsp3) is 0.333. The third-order valence-corrected chi connectivity index (χ3v) is 7.07. The van der Waals surface area contributed by atoms with Crippen LogP contribution in [0.4, 0.5) is 17.1 Å². The molecule has 0 fully saturated rings. The summed E-state index contributed by atoms with van der Waals surface area (Å²) in [5.74, 6) is 0. The molecule has 0 atom stereocenters. The second kappa shape index (κ2) is 11.4. The maximum Gasteiger partial charge on any atom is 0.0674 e. The van der Waals surface area contributed by atoms with E-state index in [0.29, 0.717) is 17.1 Å². The van der Waals surface area contributed by atoms with E-state index >= 15 is 0 Å². The van der Waals surface area contributed by atoms with Crippen LogP contribution < -0.4 is 15.2 Å². The van der Waals surface area contributed by atoms with Crippen molar-refractivity contribution < 1.29 is 5.21 Å². The van der Waals surface area contributed by atoms with Gasteiger partial charge >= 0.3 is 0 Å². The zero-order valence-corrected chi connectivity index (χ0v) is 26.2. The first-order chi connectivity index (χ1) is 19.4. The lowest BCUT2D eigenvalue weighted by molar-refractivity contribution is 0.102. The van der Waals surface area contributed by atoms with Gasteiger partial charge in [0.2, 0.25) is 0 Å². The first-order valence-corrected chi connectivity index (χ1v) is 14.3. The van der Waals surface area contributed by atoms with Crippen molar-refractivity contribution in [3.8, 4) is 33.4 Å². The van der Waals surface area contributed by atoms with E-state index in [1.165, 1.54) is 0 Å². The fourth-order valence-corrected chi connectivity index (χ4v) is 4.66. The maximum absolute atomic E-state index is 12.7. The lowest BCUT2D eigenvalue weighted by atomic mass is 9.93. The van der Waals surface area contributed by atoms with E-state index in [0.717, 1.165) is 48.6 Å². The fourth-order valence-electron chi connectivity index (χ4n) is 4.66. The van der Waals surface area contributed by atoms with E-state index in [-0.39, 0.29) is 0 Å². The molecule has 0 aliphatic rings. The zero-order chi connectivity index (χ0) is 31.0. The standard InChI is InChI=1S/C36H42N3O3/c1-34(2,3)37(40)31-16-10-25(11-17-31)28-22-29(26-12-18-32(19-13-26)38(41)35(4,5)6)24-30(23-28)27-14-20-33(21-15-27)39(42)36(7,8)9/h10-24H,1-9H3/q-2. The minimum Gasteiger partial charge on any atom is -0.758 e. The Balaban J connectivity index is 1.78. The van der Waals surface area contributed by atoms with Crippen molar-refractivity contribution in [1.82, 2.24) is 0 Å². The summed E-state index contributed by atoms with van der Waals surface area (Å²) in [6.07, 6.45) is 0. The van der Waals surface area contributed by atoms with Crippen molar-refractivity contribution in [2.75, 3.05) is 15.2 Å². The van der Waals surface area contributed by atoms with Gasteiger partial charge in [0.25, 0.3) is 0 Å². The van der Waals surface area contributed by atoms with Crippen LogP contribution in [0.1, 0.15) is 62.3 Å². The molecule has 6 heteroatoms. The molecule has 1 radical (unpaired) electrons. The largest absolute Gasteiger partial charge is 0.758 e. The van der Waals surface area contributed by atoms with Crippen molar-refractivity contribution >= 4 is 17.1 Å². The van der Waals surface area contributed by atoms with Gasteiger partial charge in [-0.2, -0.15) is 0 Å². The topological polar surface area (TPSA) is 75.7 Å². The number of hydrogen-bond donors (Lipinski definition) is 0. The molecular formula is C36H42N3O3-2. The van der Waals surface area contributed by atoms with Crippen molar-refractivity contribution in [2.45, 2.75) is 78.9 Å². The maximum atomic E-state index is 12.7. The van der Waals surface area contributed by atoms with Gasteiger partial charge in [0.05, 0.1) is 11.2 Å². The van der Waals surface area contributed by atoms with Crippen LogP contribution in [0.25, 0.3) is 33.4 Å². The number of hydrogen-bond acceptors (Lipinski definition) is 5. The van der Waals surface area contributed by atoms with Gasteiger partial charge in [-0.3, -0.25) is 0 Å². The van der Waals surface area contributed by atoms with Gasteiger partial charge in [0, 0.05) is 22.5 Å². The zero-order valence-electron chi connectivity index (χ0n) is 26.2. The SMILES string of the molecule is CC(C)(C)N([O])c1ccc(-c2cc(-c3ccc(N([O-])C(C)(C)C)cc3)cc(-c3ccc(N([O-])C(C)(C)C)cc3)c2)cc1. The molecule has 0 aliphatic carbocycles. The van der Waals surface area contributed by atoms with Gasteiger partial charge in [-0.25, -0.2) is 5.06 Å². The molecule has 6 nitrogen and oxygen atoms in total. The summed E-state index contributed by atoms with van der Waals surface area (Å²) < 4.78 is 0. The van der Waals surface area contributed by atoms with Crippen LogP contribution in [0.2, 0.25) is 0 Å². The third-order valence-electron chi connectivity index (χ3n) is 7.07. The smallest absolute Gasteiger partial charge is 0.0674 e. The molecular weight excluding hydrogens is 522 g/mol. The molecule has 42 heavy (non-hydrogen) atoms. The molecule has 0 saturated carbocycles. The number of anilines is 3. The Bertz CT molecular complexity index is 1300. The van der Waals surface area contributed by atoms with Gasteiger partial charge in [0.15, 0.2) is 0 Å². The Morgan fingerprint density at radius 1 is 0.405 bits per heavy atom. The molecule has 0 N–H and O–H groups in total. The highest BCUT2D eigenvalue weighted by atomic mass is 16.5. The number of nitrogens with zero attached hydrogens (tertiary/aromatic N) is 3. The van der Waals surface area contributed by atoms with E-state index in [1.54, 1.807) is 0 Å². The quantitative estimate of drug-likeness (QED) is 0.218. The second-order valence-corrected chi connectivity index (χ2v) is 13.8. The minimum absolute atomic E-state index is 0.535. The average molecular weight is 565 g/mol. The summed E-state index contributed by atoms with van der Waals surface area (Å²) in [6, 6.07) is 29.3. The highest BCUT2D eigenvalue weighted by Gasteiger charge is 2.21. The molecule has 4 aromatic rings. The van der Waals surface area contributed by atoms with Crippen molar-refractivity contribution in [2.24, 2.45) is 0 Å². The van der Waals surface area contributed by atoms with Crippen LogP contribution in [0.5, 0.6) is 0 Å². The molecule has 0 spiro atoms. The van der Waals surface area contributed by atoms with E-state index in [1.807, 2.05) is 135 Å². The minimum atomic E-state index is -0.535. The Labute approximate surface area is 251 Å². The highest BCUT2D eigenvalue weighted by Crippen LogP contribution is 2.36. The van der Waals surface area contributed by atoms with Gasteiger partial charge < -0.3 is 20.5 Å². The van der Waals surface area contributed by atoms with Crippen LogP contribution in [0.3, 0.4) is 0 Å². The highest BCUT2D eigenvalue weighted by molar-refractivity contribution is 5.82. The summed E-state index contributed by atoms with van der Waals surface area (Å²) in [6.45, 7) is 17.0. The molecule has 0 unspecified atom stereocenters. The third kappa shape index (κ3) is 6.96. The van der Waals surface area contributed by atoms with Crippen molar-refractivity contribution in [3.05, 3.63) is 101 Å². The van der Waals surface area contributed by atoms with Crippen LogP contribution in [-0.4, -0.2) is 16.6 Å². The van der Waals surface area contributed by atoms with Gasteiger partial charge in [-0.05, 0) is 150 Å². The molecule has 0 aromatic heterocycles. The van der Waals surface area contributed by atoms with Gasteiger partial charge in [-0.15, -0.1) is 0 Å². The van der Waals surface area contributed by atoms with E-state index in [4.69, 9.17) is 0 Å². The molecule has 221 valence electrons. The lowest BCUT2D eigenvalue weighted by Crippen LogP contribution is -2.37. The van der Waals surface area contributed by atoms with Crippen LogP contribution in [-0.2, 0) is 5.21 Å². The monoisotopic (exact) mass is 564 g/mol. The molecule has 4 rings (SSSR count). The summed E-state index contributed by atoms with van der Waals surface area (Å²) in [4.78, 5) is 0. The Kier molecular flexibility index (Phi) is 8.47. The lowest BCUT2D eigenvalue weighted by Gasteiger charge is -2.43. The Hall–Kier alpha value is -3.84. The van der Waals surface area contributed by atoms with Gasteiger partial charge in [0.1, 0.15) is 0 Å². The van der Waals surface area contributed by atoms with Gasteiger partial charge in [-0.1, -0.05) is 41.6 Å². The summed E-state index contributed by atoms with van der Waals surface area (Å²) in [5, 5.41) is 41.3. The number of rotatable bonds is 6. The van der Waals surface area contributed by atoms with Crippen LogP contribution in [0, 0.1) is 10.4 Å². The first kappa shape index (κ1) is 31.1. The Morgan fingerprint density at radius 3 is 0.905 bits per heavy atom. The molecule has 0 amide bonds. The summed E-state index contributed by atoms with van der Waals surface area (Å²) >= 11 is 0. The van der Waals surface area contributed by atoms with E-state index in [2.05, 4.69) is 18.2 Å². The van der Waals surface area contributed by atoms with Crippen LogP contribution >= 0.6 is 0 Å². The Morgan fingerprint density at radius 2 is 0.667 bits per heavy atom. The molecule has 0 saturated heterocycles.